The van der Waals surface area contributed by atoms with E-state index in [-0.39, 0.29) is 72.7 Å². The first-order valence-corrected chi connectivity index (χ1v) is 27.5. The molecule has 4 aromatic carbocycles. The van der Waals surface area contributed by atoms with Gasteiger partial charge in [-0.15, -0.1) is 0 Å². The number of H-pyrrole nitrogens is 1. The van der Waals surface area contributed by atoms with Crippen molar-refractivity contribution in [3.8, 4) is 29.1 Å². The van der Waals surface area contributed by atoms with Crippen LogP contribution in [-0.4, -0.2) is 98.9 Å². The quantitative estimate of drug-likeness (QED) is 0.0550. The lowest BCUT2D eigenvalue weighted by molar-refractivity contribution is -0.142. The fourth-order valence-corrected chi connectivity index (χ4v) is 12.8. The Balaban J connectivity index is 1.19. The van der Waals surface area contributed by atoms with Gasteiger partial charge in [-0.3, -0.25) is 9.59 Å². The third kappa shape index (κ3) is 12.4. The van der Waals surface area contributed by atoms with Gasteiger partial charge in [0.1, 0.15) is 11.6 Å². The molecular weight excluding hydrogens is 957 g/mol. The minimum Gasteiger partial charge on any atom is -0.507 e. The molecule has 3 heterocycles. The highest BCUT2D eigenvalue weighted by Crippen LogP contribution is 2.48. The molecule has 0 radical (unpaired) electrons. The zero-order valence-corrected chi connectivity index (χ0v) is 44.1. The van der Waals surface area contributed by atoms with Crippen LogP contribution < -0.4 is 20.7 Å². The minimum atomic E-state index is -1.88. The summed E-state index contributed by atoms with van der Waals surface area (Å²) in [7, 11) is 1.47. The zero-order valence-electron chi connectivity index (χ0n) is 44.1. The van der Waals surface area contributed by atoms with Crippen LogP contribution in [0.2, 0.25) is 0 Å². The number of aliphatic hydroxyl groups is 4. The largest absolute Gasteiger partial charge is 0.507 e. The van der Waals surface area contributed by atoms with E-state index < -0.39 is 47.6 Å². The normalized spacial score (nSPS) is 27.8. The molecule has 2 aliphatic carbocycles. The number of rotatable bonds is 7. The molecule has 0 amide bonds. The van der Waals surface area contributed by atoms with E-state index in [1.807, 2.05) is 66.9 Å². The lowest BCUT2D eigenvalue weighted by atomic mass is 9.71. The first-order valence-electron chi connectivity index (χ1n) is 27.5. The van der Waals surface area contributed by atoms with Gasteiger partial charge in [0.2, 0.25) is 0 Å². The number of aromatic nitrogens is 1. The van der Waals surface area contributed by atoms with Gasteiger partial charge in [-0.2, -0.15) is 0 Å². The van der Waals surface area contributed by atoms with Gasteiger partial charge >= 0.3 is 0 Å². The number of aryl methyl sites for hydroxylation is 1. The smallest absolute Gasteiger partial charge is 0.173 e. The fraction of sp³-hybridized carbons (Fsp3) is 0.460. The van der Waals surface area contributed by atoms with Crippen LogP contribution in [0.25, 0.3) is 10.8 Å². The van der Waals surface area contributed by atoms with Gasteiger partial charge in [0, 0.05) is 80.3 Å². The number of methoxy groups -OCH3 is 1. The van der Waals surface area contributed by atoms with Crippen molar-refractivity contribution in [3.05, 3.63) is 142 Å². The van der Waals surface area contributed by atoms with Crippen LogP contribution in [0.15, 0.2) is 109 Å². The molecule has 11 unspecified atom stereocenters. The number of β-amino-alcohol motifs (C(OH)–C–C–N with tert-alkyl or cyclic N) is 1. The summed E-state index contributed by atoms with van der Waals surface area (Å²) in [6, 6.07) is 25.0. The summed E-state index contributed by atoms with van der Waals surface area (Å²) in [5, 5.41) is 81.1. The number of allylic oxidation sites excluding steroid dienone is 2. The second kappa shape index (κ2) is 24.7. The third-order valence-electron chi connectivity index (χ3n) is 16.8. The summed E-state index contributed by atoms with van der Waals surface area (Å²) < 4.78 is 5.53. The second-order valence-corrected chi connectivity index (χ2v) is 21.9. The molecule has 4 aliphatic rings. The molecule has 402 valence electrons. The molecular formula is C63H76N4O9. The maximum absolute atomic E-state index is 15.2. The van der Waals surface area contributed by atoms with Gasteiger partial charge < -0.3 is 56.3 Å². The van der Waals surface area contributed by atoms with Crippen LogP contribution in [0.5, 0.6) is 17.2 Å². The lowest BCUT2D eigenvalue weighted by Gasteiger charge is -2.36. The van der Waals surface area contributed by atoms with E-state index in [1.165, 1.54) is 7.11 Å². The molecule has 13 heteroatoms. The van der Waals surface area contributed by atoms with Crippen molar-refractivity contribution in [2.24, 2.45) is 35.5 Å². The maximum atomic E-state index is 15.2. The first-order chi connectivity index (χ1) is 36.8. The van der Waals surface area contributed by atoms with Crippen molar-refractivity contribution in [1.29, 1.82) is 0 Å². The number of hydrogen-bond acceptors (Lipinski definition) is 12. The number of aliphatic hydroxyl groups excluding tert-OH is 4. The summed E-state index contributed by atoms with van der Waals surface area (Å²) in [5.41, 5.74) is 6.72. The molecule has 11 atom stereocenters. The highest BCUT2D eigenvalue weighted by atomic mass is 16.5. The number of Topliss-reactive ketones (excluding diaryl/α,β-unsaturated/α-hetero) is 2. The molecule has 76 heavy (non-hydrogen) atoms. The molecule has 9 bridgehead atoms. The summed E-state index contributed by atoms with van der Waals surface area (Å²) in [4.78, 5) is 32.8. The number of anilines is 1. The maximum Gasteiger partial charge on any atom is 0.173 e. The molecule has 13 nitrogen and oxygen atoms in total. The molecule has 0 spiro atoms. The Morgan fingerprint density at radius 1 is 0.829 bits per heavy atom. The topological polar surface area (TPSA) is 217 Å². The van der Waals surface area contributed by atoms with Crippen LogP contribution in [0.1, 0.15) is 111 Å². The molecule has 9 rings (SSSR count). The van der Waals surface area contributed by atoms with E-state index in [0.29, 0.717) is 81.1 Å². The van der Waals surface area contributed by atoms with Crippen molar-refractivity contribution < 1.29 is 45.0 Å². The summed E-state index contributed by atoms with van der Waals surface area (Å²) >= 11 is 0. The molecule has 0 saturated heterocycles. The molecule has 1 fully saturated rings. The Labute approximate surface area is 446 Å². The van der Waals surface area contributed by atoms with E-state index in [0.717, 1.165) is 51.3 Å². The average Bonchev–Trinajstić information content (AvgIpc) is 3.81. The number of ether oxygens (including phenoxy) is 1. The molecule has 10 N–H and O–H groups in total. The second-order valence-electron chi connectivity index (χ2n) is 21.9. The number of benzene rings is 4. The van der Waals surface area contributed by atoms with Gasteiger partial charge in [0.25, 0.3) is 0 Å². The number of fused-ring (bicyclic) bond motifs is 9. The Hall–Kier alpha value is -6.40. The molecule has 1 saturated carbocycles. The number of carbonyl (C=O) groups excluding carboxylic acids is 2. The summed E-state index contributed by atoms with van der Waals surface area (Å²) in [6.07, 6.45) is 7.53. The highest BCUT2D eigenvalue weighted by Gasteiger charge is 2.45. The fourth-order valence-electron chi connectivity index (χ4n) is 12.8. The van der Waals surface area contributed by atoms with Gasteiger partial charge in [0.15, 0.2) is 29.2 Å². The average molecular weight is 1030 g/mol. The Bertz CT molecular complexity index is 2970. The van der Waals surface area contributed by atoms with E-state index in [4.69, 9.17) is 4.74 Å². The number of nitrogens with one attached hydrogen (secondary N) is 4. The third-order valence-corrected chi connectivity index (χ3v) is 16.8. The van der Waals surface area contributed by atoms with E-state index in [9.17, 15) is 35.4 Å². The summed E-state index contributed by atoms with van der Waals surface area (Å²) in [6.45, 7) is 5.64. The number of phenolic OH excluding ortho intramolecular Hbond substituents is 2. The predicted molar refractivity (Wildman–Crippen MR) is 296 cm³/mol. The zero-order chi connectivity index (χ0) is 53.5. The van der Waals surface area contributed by atoms with Crippen molar-refractivity contribution in [2.75, 3.05) is 38.7 Å². The van der Waals surface area contributed by atoms with Crippen LogP contribution in [0, 0.1) is 47.3 Å². The van der Waals surface area contributed by atoms with E-state index in [2.05, 4.69) is 64.8 Å². The van der Waals surface area contributed by atoms with Crippen molar-refractivity contribution in [1.82, 2.24) is 15.6 Å². The Morgan fingerprint density at radius 2 is 1.64 bits per heavy atom. The molecule has 1 aromatic heterocycles. The van der Waals surface area contributed by atoms with E-state index in [1.54, 1.807) is 12.1 Å². The SMILES string of the molecule is CCCC1C(O)Cc2cc(c[nH]2)C(C)CNCC(O)Cc2ccc3ccc(cc3c2O)NC2=CC(=CCN2)C(CCCO)C2CC3C#CC(c4ccccc4)c4cc(O)c(OC)cc4CCC(=O)C(O)C(=O)C3CC1C2. The number of ketones is 2. The van der Waals surface area contributed by atoms with Crippen molar-refractivity contribution in [3.63, 3.8) is 0 Å². The van der Waals surface area contributed by atoms with Crippen LogP contribution in [-0.2, 0) is 28.9 Å². The van der Waals surface area contributed by atoms with Crippen LogP contribution in [0.4, 0.5) is 5.69 Å². The van der Waals surface area contributed by atoms with Gasteiger partial charge in [-0.05, 0) is 150 Å². The van der Waals surface area contributed by atoms with Crippen LogP contribution >= 0.6 is 0 Å². The van der Waals surface area contributed by atoms with Crippen molar-refractivity contribution >= 4 is 28.0 Å². The summed E-state index contributed by atoms with van der Waals surface area (Å²) in [5.74, 6) is 4.58. The Morgan fingerprint density at radius 3 is 2.43 bits per heavy atom. The number of hydrogen-bond donors (Lipinski definition) is 10. The van der Waals surface area contributed by atoms with Crippen LogP contribution in [0.3, 0.4) is 0 Å². The van der Waals surface area contributed by atoms with E-state index >= 15 is 4.79 Å². The van der Waals surface area contributed by atoms with Crippen molar-refractivity contribution in [2.45, 2.75) is 115 Å². The molecule has 2 aliphatic heterocycles. The number of dihydropyridines is 1. The van der Waals surface area contributed by atoms with Gasteiger partial charge in [0.05, 0.1) is 25.2 Å². The predicted octanol–water partition coefficient (Wildman–Crippen LogP) is 8.32. The molecule has 5 aromatic rings. The minimum absolute atomic E-state index is 0.0228. The lowest BCUT2D eigenvalue weighted by Crippen LogP contribution is -2.40. The first kappa shape index (κ1) is 54.4. The van der Waals surface area contributed by atoms with Gasteiger partial charge in [-0.1, -0.05) is 86.7 Å². The monoisotopic (exact) mass is 1030 g/mol. The van der Waals surface area contributed by atoms with Gasteiger partial charge in [-0.25, -0.2) is 0 Å². The number of aromatic amines is 1. The number of aromatic hydroxyl groups is 2. The standard InChI is InChI=1S/C63H76N4O9/c1-4-9-52-45-25-44(24-40-16-19-51(38-10-6-5-7-11-38)53-33-58(72)59(76-3)29-41(53)17-20-56(70)63(75)62(74)54(40)28-45)50(12-8-23-68)42-21-22-65-60(30-42)67-47-18-15-39-13-14-43(61(73)55(39)31-47)27-49(69)36-64-34-37(2)46-26-48(66-35-46)32-57(52)71/h5-7,10-11,13-15,18,21,26,29-31,33,35,37,40,44-45,49-52,54,57,63-69,71-73,75H,4,8-9,12,17,20,22-25,27-28,32,34,36H2,1-3H3. The number of carbonyl (C=O) groups is 2. The Kier molecular flexibility index (Phi) is 17.7. The highest BCUT2D eigenvalue weighted by molar-refractivity contribution is 6.06. The number of phenols is 2.